The van der Waals surface area contributed by atoms with Gasteiger partial charge in [0, 0.05) is 20.1 Å². The number of hydrogen-bond donors (Lipinski definition) is 0. The summed E-state index contributed by atoms with van der Waals surface area (Å²) in [5.41, 5.74) is 0.933. The lowest BCUT2D eigenvalue weighted by atomic mass is 10.2. The van der Waals surface area contributed by atoms with Crippen molar-refractivity contribution in [2.75, 3.05) is 14.2 Å². The standard InChI is InChI=1S/C26H28N4O5/c1-6-29-24-23(25(31)30(7-2)26(29)32)28(3)22(27-24)15-9-17-8-14-20(34-5)21(16-17)35-19-12-10-18(33-4)11-13-19/h8-16H,6-7H2,1-5H3/b15-9+. The molecule has 2 aromatic carbocycles. The van der Waals surface area contributed by atoms with E-state index in [4.69, 9.17) is 14.2 Å². The molecule has 0 N–H and O–H groups in total. The van der Waals surface area contributed by atoms with Crippen molar-refractivity contribution < 1.29 is 14.2 Å². The largest absolute Gasteiger partial charge is 0.497 e. The van der Waals surface area contributed by atoms with E-state index in [2.05, 4.69) is 4.98 Å². The number of hydrogen-bond acceptors (Lipinski definition) is 6. The Morgan fingerprint density at radius 1 is 0.857 bits per heavy atom. The molecule has 0 fully saturated rings. The highest BCUT2D eigenvalue weighted by Crippen LogP contribution is 2.33. The summed E-state index contributed by atoms with van der Waals surface area (Å²) in [6.45, 7) is 4.35. The van der Waals surface area contributed by atoms with Crippen molar-refractivity contribution in [2.24, 2.45) is 7.05 Å². The van der Waals surface area contributed by atoms with Crippen LogP contribution in [0.15, 0.2) is 52.1 Å². The molecular formula is C26H28N4O5. The zero-order valence-electron chi connectivity index (χ0n) is 20.4. The molecule has 4 aromatic rings. The fourth-order valence-electron chi connectivity index (χ4n) is 3.91. The van der Waals surface area contributed by atoms with E-state index in [9.17, 15) is 9.59 Å². The van der Waals surface area contributed by atoms with Crippen LogP contribution in [-0.4, -0.2) is 32.9 Å². The third-order valence-electron chi connectivity index (χ3n) is 5.81. The summed E-state index contributed by atoms with van der Waals surface area (Å²) >= 11 is 0. The van der Waals surface area contributed by atoms with Gasteiger partial charge in [0.15, 0.2) is 22.7 Å². The lowest BCUT2D eigenvalue weighted by Gasteiger charge is -2.11. The first-order valence-electron chi connectivity index (χ1n) is 11.3. The molecule has 0 aliphatic carbocycles. The van der Waals surface area contributed by atoms with Crippen LogP contribution < -0.4 is 25.5 Å². The lowest BCUT2D eigenvalue weighted by Crippen LogP contribution is -2.39. The summed E-state index contributed by atoms with van der Waals surface area (Å²) in [7, 11) is 4.97. The van der Waals surface area contributed by atoms with Gasteiger partial charge < -0.3 is 18.8 Å². The van der Waals surface area contributed by atoms with Gasteiger partial charge in [0.25, 0.3) is 5.56 Å². The number of benzene rings is 2. The summed E-state index contributed by atoms with van der Waals surface area (Å²) in [6, 6.07) is 12.8. The van der Waals surface area contributed by atoms with Crippen LogP contribution in [-0.2, 0) is 20.1 Å². The van der Waals surface area contributed by atoms with Gasteiger partial charge in [-0.15, -0.1) is 0 Å². The fourth-order valence-corrected chi connectivity index (χ4v) is 3.91. The number of rotatable bonds is 8. The minimum absolute atomic E-state index is 0.298. The van der Waals surface area contributed by atoms with Crippen LogP contribution >= 0.6 is 0 Å². The number of aryl methyl sites for hydroxylation is 2. The molecular weight excluding hydrogens is 448 g/mol. The molecule has 0 amide bonds. The van der Waals surface area contributed by atoms with E-state index >= 15 is 0 Å². The fraction of sp³-hybridized carbons (Fsp3) is 0.269. The molecule has 4 rings (SSSR count). The van der Waals surface area contributed by atoms with Crippen molar-refractivity contribution in [3.8, 4) is 23.0 Å². The molecule has 0 bridgehead atoms. The van der Waals surface area contributed by atoms with Gasteiger partial charge in [0.2, 0.25) is 0 Å². The van der Waals surface area contributed by atoms with Crippen molar-refractivity contribution in [3.63, 3.8) is 0 Å². The van der Waals surface area contributed by atoms with Gasteiger partial charge in [0.05, 0.1) is 14.2 Å². The van der Waals surface area contributed by atoms with Crippen LogP contribution in [0.1, 0.15) is 25.2 Å². The minimum atomic E-state index is -0.350. The Morgan fingerprint density at radius 2 is 1.54 bits per heavy atom. The molecule has 0 radical (unpaired) electrons. The molecule has 0 unspecified atom stereocenters. The maximum absolute atomic E-state index is 12.9. The number of fused-ring (bicyclic) bond motifs is 1. The number of aromatic nitrogens is 4. The van der Waals surface area contributed by atoms with E-state index in [-0.39, 0.29) is 11.2 Å². The van der Waals surface area contributed by atoms with E-state index in [1.165, 1.54) is 9.13 Å². The van der Waals surface area contributed by atoms with Crippen molar-refractivity contribution in [3.05, 3.63) is 74.7 Å². The topological polar surface area (TPSA) is 89.5 Å². The van der Waals surface area contributed by atoms with Gasteiger partial charge in [-0.2, -0.15) is 0 Å². The summed E-state index contributed by atoms with van der Waals surface area (Å²) in [5, 5.41) is 0. The van der Waals surface area contributed by atoms with E-state index < -0.39 is 0 Å². The van der Waals surface area contributed by atoms with Crippen LogP contribution in [0.5, 0.6) is 23.0 Å². The molecule has 2 heterocycles. The Balaban J connectivity index is 1.71. The summed E-state index contributed by atoms with van der Waals surface area (Å²) in [4.78, 5) is 30.2. The highest BCUT2D eigenvalue weighted by atomic mass is 16.5. The first-order valence-corrected chi connectivity index (χ1v) is 11.3. The monoisotopic (exact) mass is 476 g/mol. The van der Waals surface area contributed by atoms with Crippen molar-refractivity contribution in [1.29, 1.82) is 0 Å². The van der Waals surface area contributed by atoms with Gasteiger partial charge >= 0.3 is 5.69 Å². The van der Waals surface area contributed by atoms with E-state index in [0.717, 1.165) is 11.3 Å². The predicted molar refractivity (Wildman–Crippen MR) is 136 cm³/mol. The molecule has 2 aromatic heterocycles. The van der Waals surface area contributed by atoms with Gasteiger partial charge in [-0.05, 0) is 61.9 Å². The third-order valence-corrected chi connectivity index (χ3v) is 5.81. The second kappa shape index (κ2) is 9.92. The molecule has 9 nitrogen and oxygen atoms in total. The lowest BCUT2D eigenvalue weighted by molar-refractivity contribution is 0.378. The van der Waals surface area contributed by atoms with E-state index in [1.54, 1.807) is 38.8 Å². The van der Waals surface area contributed by atoms with Crippen molar-refractivity contribution in [1.82, 2.24) is 18.7 Å². The highest BCUT2D eigenvalue weighted by Gasteiger charge is 2.17. The minimum Gasteiger partial charge on any atom is -0.497 e. The Bertz CT molecular complexity index is 1510. The molecule has 0 saturated carbocycles. The second-order valence-corrected chi connectivity index (χ2v) is 7.80. The Morgan fingerprint density at radius 3 is 2.17 bits per heavy atom. The quantitative estimate of drug-likeness (QED) is 0.383. The predicted octanol–water partition coefficient (Wildman–Crippen LogP) is 3.92. The number of methoxy groups -OCH3 is 2. The SMILES string of the molecule is CCn1c(=O)c2c(nc(/C=C/c3ccc(OC)c(Oc4ccc(OC)cc4)c3)n2C)n(CC)c1=O. The molecule has 0 atom stereocenters. The third kappa shape index (κ3) is 4.44. The smallest absolute Gasteiger partial charge is 0.332 e. The Labute approximate surface area is 202 Å². The van der Waals surface area contributed by atoms with Gasteiger partial charge in [-0.1, -0.05) is 12.1 Å². The summed E-state index contributed by atoms with van der Waals surface area (Å²) in [6.07, 6.45) is 3.67. The molecule has 0 aliphatic heterocycles. The highest BCUT2D eigenvalue weighted by molar-refractivity contribution is 5.77. The first kappa shape index (κ1) is 23.9. The molecule has 182 valence electrons. The summed E-state index contributed by atoms with van der Waals surface area (Å²) < 4.78 is 21.1. The normalized spacial score (nSPS) is 11.3. The number of imidazole rings is 1. The maximum Gasteiger partial charge on any atom is 0.332 e. The summed E-state index contributed by atoms with van der Waals surface area (Å²) in [5.74, 6) is 3.08. The molecule has 0 saturated heterocycles. The van der Waals surface area contributed by atoms with Crippen molar-refractivity contribution in [2.45, 2.75) is 26.9 Å². The number of nitrogens with zero attached hydrogens (tertiary/aromatic N) is 4. The molecule has 0 spiro atoms. The van der Waals surface area contributed by atoms with Crippen LogP contribution in [0, 0.1) is 0 Å². The molecule has 9 heteroatoms. The second-order valence-electron chi connectivity index (χ2n) is 7.80. The van der Waals surface area contributed by atoms with Crippen LogP contribution in [0.2, 0.25) is 0 Å². The van der Waals surface area contributed by atoms with Crippen LogP contribution in [0.25, 0.3) is 23.3 Å². The van der Waals surface area contributed by atoms with E-state index in [1.807, 2.05) is 55.5 Å². The van der Waals surface area contributed by atoms with Gasteiger partial charge in [-0.3, -0.25) is 13.9 Å². The average molecular weight is 477 g/mol. The van der Waals surface area contributed by atoms with E-state index in [0.29, 0.717) is 47.3 Å². The Kier molecular flexibility index (Phi) is 6.77. The molecule has 35 heavy (non-hydrogen) atoms. The Hall–Kier alpha value is -4.27. The maximum atomic E-state index is 12.9. The number of ether oxygens (including phenoxy) is 3. The van der Waals surface area contributed by atoms with Crippen LogP contribution in [0.3, 0.4) is 0 Å². The zero-order valence-corrected chi connectivity index (χ0v) is 20.4. The average Bonchev–Trinajstić information content (AvgIpc) is 3.20. The van der Waals surface area contributed by atoms with Gasteiger partial charge in [0.1, 0.15) is 17.3 Å². The van der Waals surface area contributed by atoms with Crippen LogP contribution in [0.4, 0.5) is 0 Å². The molecule has 0 aliphatic rings. The first-order chi connectivity index (χ1) is 16.9. The van der Waals surface area contributed by atoms with Crippen molar-refractivity contribution >= 4 is 23.3 Å². The zero-order chi connectivity index (χ0) is 25.1. The van der Waals surface area contributed by atoms with Gasteiger partial charge in [-0.25, -0.2) is 9.78 Å².